The highest BCUT2D eigenvalue weighted by molar-refractivity contribution is 6.24. The maximum Gasteiger partial charge on any atom is 0.145 e. The summed E-state index contributed by atoms with van der Waals surface area (Å²) in [5, 5.41) is 8.04. The van der Waals surface area contributed by atoms with E-state index in [0.29, 0.717) is 5.92 Å². The zero-order chi connectivity index (χ0) is 31.0. The van der Waals surface area contributed by atoms with Gasteiger partial charge in [0.05, 0.1) is 16.4 Å². The molecule has 0 saturated heterocycles. The zero-order valence-corrected chi connectivity index (χ0v) is 25.8. The second-order valence-corrected chi connectivity index (χ2v) is 12.0. The van der Waals surface area contributed by atoms with Crippen LogP contribution < -0.4 is 5.32 Å². The van der Waals surface area contributed by atoms with Crippen molar-refractivity contribution >= 4 is 60.7 Å². The van der Waals surface area contributed by atoms with Crippen LogP contribution in [-0.2, 0) is 0 Å². The molecule has 1 unspecified atom stereocenters. The predicted octanol–water partition coefficient (Wildman–Crippen LogP) is 12.0. The molecule has 1 aliphatic carbocycles. The van der Waals surface area contributed by atoms with Crippen LogP contribution in [0, 0.1) is 5.92 Å². The molecule has 46 heavy (non-hydrogen) atoms. The van der Waals surface area contributed by atoms with Gasteiger partial charge in [0.25, 0.3) is 0 Å². The van der Waals surface area contributed by atoms with E-state index in [0.717, 1.165) is 61.7 Å². The molecule has 3 nitrogen and oxygen atoms in total. The fourth-order valence-corrected chi connectivity index (χ4v) is 6.53. The Bertz CT molecular complexity index is 2390. The lowest BCUT2D eigenvalue weighted by Crippen LogP contribution is -2.00. The van der Waals surface area contributed by atoms with Crippen LogP contribution in [0.3, 0.4) is 0 Å². The SMILES string of the molecule is C=C(/C=C\C=C/Nc1cccc(-c2ccc3oc4c(ccc5c4c4ccccc4n5C4=CCC(C)C=C4)c3c2)c1)c1ccccc1. The fraction of sp³-hybridized carbons (Fsp3) is 0.0698. The molecule has 1 atom stereocenters. The Morgan fingerprint density at radius 3 is 2.52 bits per heavy atom. The van der Waals surface area contributed by atoms with Gasteiger partial charge < -0.3 is 14.3 Å². The third kappa shape index (κ3) is 4.96. The van der Waals surface area contributed by atoms with Crippen molar-refractivity contribution in [3.8, 4) is 11.1 Å². The van der Waals surface area contributed by atoms with Crippen molar-refractivity contribution in [3.05, 3.63) is 164 Å². The average molecular weight is 595 g/mol. The first-order valence-electron chi connectivity index (χ1n) is 15.9. The van der Waals surface area contributed by atoms with Crippen LogP contribution in [-0.4, -0.2) is 4.57 Å². The van der Waals surface area contributed by atoms with E-state index >= 15 is 0 Å². The first-order valence-corrected chi connectivity index (χ1v) is 15.9. The highest BCUT2D eigenvalue weighted by Crippen LogP contribution is 2.42. The molecule has 7 aromatic rings. The number of aromatic nitrogens is 1. The third-order valence-corrected chi connectivity index (χ3v) is 8.92. The molecule has 0 radical (unpaired) electrons. The maximum atomic E-state index is 6.64. The van der Waals surface area contributed by atoms with Gasteiger partial charge in [-0.1, -0.05) is 105 Å². The molecule has 1 aliphatic rings. The molecule has 0 aliphatic heterocycles. The van der Waals surface area contributed by atoms with E-state index in [9.17, 15) is 0 Å². The molecule has 0 amide bonds. The minimum Gasteiger partial charge on any atom is -0.455 e. The van der Waals surface area contributed by atoms with Crippen molar-refractivity contribution in [1.29, 1.82) is 0 Å². The van der Waals surface area contributed by atoms with Crippen molar-refractivity contribution in [2.24, 2.45) is 5.92 Å². The molecule has 3 heteroatoms. The molecule has 2 aromatic heterocycles. The summed E-state index contributed by atoms with van der Waals surface area (Å²) in [5.74, 6) is 0.564. The highest BCUT2D eigenvalue weighted by Gasteiger charge is 2.20. The number of rotatable bonds is 7. The number of furan rings is 1. The number of benzene rings is 5. The Kier molecular flexibility index (Phi) is 7.00. The van der Waals surface area contributed by atoms with E-state index in [4.69, 9.17) is 4.42 Å². The first-order chi connectivity index (χ1) is 22.6. The minimum absolute atomic E-state index is 0.564. The largest absolute Gasteiger partial charge is 0.455 e. The Morgan fingerprint density at radius 2 is 1.65 bits per heavy atom. The maximum absolute atomic E-state index is 6.64. The Morgan fingerprint density at radius 1 is 0.804 bits per heavy atom. The van der Waals surface area contributed by atoms with Gasteiger partial charge in [-0.15, -0.1) is 0 Å². The smallest absolute Gasteiger partial charge is 0.145 e. The van der Waals surface area contributed by atoms with Crippen LogP contribution in [0.4, 0.5) is 5.69 Å². The number of para-hydroxylation sites is 1. The van der Waals surface area contributed by atoms with Gasteiger partial charge in [0.1, 0.15) is 11.2 Å². The monoisotopic (exact) mass is 594 g/mol. The molecule has 0 fully saturated rings. The van der Waals surface area contributed by atoms with Crippen LogP contribution in [0.25, 0.3) is 66.1 Å². The molecule has 0 bridgehead atoms. The van der Waals surface area contributed by atoms with Gasteiger partial charge in [-0.3, -0.25) is 0 Å². The molecule has 222 valence electrons. The van der Waals surface area contributed by atoms with Gasteiger partial charge in [-0.25, -0.2) is 0 Å². The third-order valence-electron chi connectivity index (χ3n) is 8.92. The van der Waals surface area contributed by atoms with Crippen LogP contribution >= 0.6 is 0 Å². The van der Waals surface area contributed by atoms with Crippen LogP contribution in [0.15, 0.2) is 163 Å². The summed E-state index contributed by atoms with van der Waals surface area (Å²) >= 11 is 0. The zero-order valence-electron chi connectivity index (χ0n) is 25.8. The lowest BCUT2D eigenvalue weighted by atomic mass is 10.0. The summed E-state index contributed by atoms with van der Waals surface area (Å²) in [6.07, 6.45) is 15.9. The van der Waals surface area contributed by atoms with E-state index in [1.54, 1.807) is 0 Å². The van der Waals surface area contributed by atoms with Crippen molar-refractivity contribution in [1.82, 2.24) is 4.57 Å². The van der Waals surface area contributed by atoms with Crippen molar-refractivity contribution in [2.45, 2.75) is 13.3 Å². The van der Waals surface area contributed by atoms with Gasteiger partial charge >= 0.3 is 0 Å². The summed E-state index contributed by atoms with van der Waals surface area (Å²) in [6, 6.07) is 38.3. The van der Waals surface area contributed by atoms with Crippen LogP contribution in [0.5, 0.6) is 0 Å². The number of anilines is 1. The number of hydrogen-bond acceptors (Lipinski definition) is 2. The average Bonchev–Trinajstić information content (AvgIpc) is 3.64. The molecule has 0 saturated carbocycles. The van der Waals surface area contributed by atoms with Gasteiger partial charge in [-0.2, -0.15) is 0 Å². The summed E-state index contributed by atoms with van der Waals surface area (Å²) in [7, 11) is 0. The number of allylic oxidation sites excluding steroid dienone is 8. The second kappa shape index (κ2) is 11.6. The number of nitrogens with zero attached hydrogens (tertiary/aromatic N) is 1. The Hall–Kier alpha value is -5.80. The van der Waals surface area contributed by atoms with E-state index in [2.05, 4.69) is 133 Å². The Balaban J connectivity index is 1.12. The molecule has 2 heterocycles. The second-order valence-electron chi connectivity index (χ2n) is 12.0. The molecule has 8 rings (SSSR count). The molecule has 1 N–H and O–H groups in total. The lowest BCUT2D eigenvalue weighted by Gasteiger charge is -2.15. The van der Waals surface area contributed by atoms with Gasteiger partial charge in [0, 0.05) is 33.7 Å². The van der Waals surface area contributed by atoms with Gasteiger partial charge in [0.15, 0.2) is 0 Å². The highest BCUT2D eigenvalue weighted by atomic mass is 16.3. The fourth-order valence-electron chi connectivity index (χ4n) is 6.53. The van der Waals surface area contributed by atoms with E-state index in [1.807, 2.05) is 42.6 Å². The molecule has 5 aromatic carbocycles. The minimum atomic E-state index is 0.564. The standard InChI is InChI=1S/C43H34N2O/c1-29-18-21-35(22-19-29)45-39-17-7-6-16-37(39)42-40(45)24-23-36-38-28-33(20-25-41(38)46-43(36)42)32-14-10-15-34(27-32)44-26-9-8-11-30(2)31-12-4-3-5-13-31/h3-18,20-29,44H,2,19H2,1H3/b11-8-,26-9-. The van der Waals surface area contributed by atoms with E-state index in [-0.39, 0.29) is 0 Å². The van der Waals surface area contributed by atoms with Crippen molar-refractivity contribution in [2.75, 3.05) is 5.32 Å². The number of hydrogen-bond donors (Lipinski definition) is 1. The summed E-state index contributed by atoms with van der Waals surface area (Å²) in [6.45, 7) is 6.42. The van der Waals surface area contributed by atoms with Gasteiger partial charge in [0.2, 0.25) is 0 Å². The van der Waals surface area contributed by atoms with Gasteiger partial charge in [-0.05, 0) is 89.2 Å². The quantitative estimate of drug-likeness (QED) is 0.186. The first kappa shape index (κ1) is 27.7. The molecule has 0 spiro atoms. The number of nitrogens with one attached hydrogen (secondary N) is 1. The topological polar surface area (TPSA) is 30.1 Å². The van der Waals surface area contributed by atoms with Crippen LogP contribution in [0.2, 0.25) is 0 Å². The van der Waals surface area contributed by atoms with Crippen molar-refractivity contribution in [3.63, 3.8) is 0 Å². The molecular weight excluding hydrogens is 560 g/mol. The number of fused-ring (bicyclic) bond motifs is 7. The molecular formula is C43H34N2O. The van der Waals surface area contributed by atoms with E-state index in [1.165, 1.54) is 22.1 Å². The van der Waals surface area contributed by atoms with Crippen LogP contribution in [0.1, 0.15) is 18.9 Å². The van der Waals surface area contributed by atoms with Crippen molar-refractivity contribution < 1.29 is 4.42 Å². The predicted molar refractivity (Wildman–Crippen MR) is 197 cm³/mol. The van der Waals surface area contributed by atoms with E-state index < -0.39 is 0 Å². The summed E-state index contributed by atoms with van der Waals surface area (Å²) in [5.41, 5.74) is 10.9. The Labute approximate surface area is 268 Å². The lowest BCUT2D eigenvalue weighted by molar-refractivity contribution is 0.673. The summed E-state index contributed by atoms with van der Waals surface area (Å²) in [4.78, 5) is 0. The normalized spacial score (nSPS) is 15.2. The summed E-state index contributed by atoms with van der Waals surface area (Å²) < 4.78 is 9.02.